The molecule has 0 aliphatic rings. The van der Waals surface area contributed by atoms with Crippen LogP contribution in [0.1, 0.15) is 19.8 Å². The fourth-order valence-electron chi connectivity index (χ4n) is 1.31. The number of halogens is 1. The lowest BCUT2D eigenvalue weighted by Gasteiger charge is -2.21. The molecule has 0 unspecified atom stereocenters. The maximum Gasteiger partial charge on any atom is 0.236 e. The molecule has 1 amide bonds. The van der Waals surface area contributed by atoms with Gasteiger partial charge < -0.3 is 10.6 Å². The smallest absolute Gasteiger partial charge is 0.236 e. The van der Waals surface area contributed by atoms with E-state index in [1.54, 1.807) is 6.07 Å². The molecule has 0 spiro atoms. The predicted octanol–water partition coefficient (Wildman–Crippen LogP) is 1.33. The molecule has 0 aromatic carbocycles. The van der Waals surface area contributed by atoms with Crippen LogP contribution in [-0.4, -0.2) is 29.0 Å². The van der Waals surface area contributed by atoms with Crippen LogP contribution in [0.4, 0.5) is 5.82 Å². The van der Waals surface area contributed by atoms with E-state index in [2.05, 4.69) is 32.8 Å². The summed E-state index contributed by atoms with van der Waals surface area (Å²) in [6, 6.07) is 1.78. The molecule has 0 bridgehead atoms. The average molecular weight is 287 g/mol. The summed E-state index contributed by atoms with van der Waals surface area (Å²) in [6.45, 7) is 3.05. The summed E-state index contributed by atoms with van der Waals surface area (Å²) < 4.78 is 0.698. The highest BCUT2D eigenvalue weighted by atomic mass is 79.9. The fraction of sp³-hybridized carbons (Fsp3) is 0.500. The number of carbonyl (C=O) groups is 1. The summed E-state index contributed by atoms with van der Waals surface area (Å²) in [7, 11) is 0. The van der Waals surface area contributed by atoms with Crippen molar-refractivity contribution < 1.29 is 4.79 Å². The van der Waals surface area contributed by atoms with Gasteiger partial charge in [-0.25, -0.2) is 9.97 Å². The molecule has 0 aliphatic heterocycles. The number of hydrogen-bond acceptors (Lipinski definition) is 4. The van der Waals surface area contributed by atoms with Gasteiger partial charge in [-0.3, -0.25) is 4.79 Å². The highest BCUT2D eigenvalue weighted by Gasteiger charge is 2.10. The van der Waals surface area contributed by atoms with Crippen molar-refractivity contribution >= 4 is 27.7 Å². The molecule has 0 saturated heterocycles. The predicted molar refractivity (Wildman–Crippen MR) is 66.0 cm³/mol. The highest BCUT2D eigenvalue weighted by molar-refractivity contribution is 9.10. The molecular formula is C10H15BrN4O. The number of nitrogens with two attached hydrogens (primary N) is 1. The minimum absolute atomic E-state index is 0.184. The second kappa shape index (κ2) is 6.42. The zero-order valence-corrected chi connectivity index (χ0v) is 10.8. The van der Waals surface area contributed by atoms with Crippen molar-refractivity contribution in [1.82, 2.24) is 9.97 Å². The van der Waals surface area contributed by atoms with Gasteiger partial charge in [-0.1, -0.05) is 13.3 Å². The molecule has 0 saturated carbocycles. The molecule has 1 aromatic rings. The first kappa shape index (κ1) is 12.9. The summed E-state index contributed by atoms with van der Waals surface area (Å²) in [6.07, 6.45) is 3.51. The molecule has 0 radical (unpaired) electrons. The van der Waals surface area contributed by atoms with Gasteiger partial charge in [0.15, 0.2) is 0 Å². The molecule has 1 rings (SSSR count). The SMILES string of the molecule is CCCCN(CC(N)=O)c1cc(Br)ncn1. The molecular weight excluding hydrogens is 272 g/mol. The number of aromatic nitrogens is 2. The number of hydrogen-bond donors (Lipinski definition) is 1. The van der Waals surface area contributed by atoms with Crippen molar-refractivity contribution in [2.24, 2.45) is 5.73 Å². The van der Waals surface area contributed by atoms with Crippen molar-refractivity contribution in [1.29, 1.82) is 0 Å². The molecule has 1 heterocycles. The number of amides is 1. The summed E-state index contributed by atoms with van der Waals surface area (Å²) in [5.41, 5.74) is 5.20. The average Bonchev–Trinajstić information content (AvgIpc) is 2.23. The summed E-state index contributed by atoms with van der Waals surface area (Å²) in [5, 5.41) is 0. The Kier molecular flexibility index (Phi) is 5.18. The summed E-state index contributed by atoms with van der Waals surface area (Å²) >= 11 is 3.27. The number of nitrogens with zero attached hydrogens (tertiary/aromatic N) is 3. The Bertz CT molecular complexity index is 358. The fourth-order valence-corrected chi connectivity index (χ4v) is 1.61. The van der Waals surface area contributed by atoms with Crippen LogP contribution >= 0.6 is 15.9 Å². The van der Waals surface area contributed by atoms with E-state index >= 15 is 0 Å². The van der Waals surface area contributed by atoms with Crippen LogP contribution in [0, 0.1) is 0 Å². The molecule has 6 heteroatoms. The number of carbonyl (C=O) groups excluding carboxylic acids is 1. The van der Waals surface area contributed by atoms with Crippen molar-refractivity contribution in [2.45, 2.75) is 19.8 Å². The van der Waals surface area contributed by atoms with Gasteiger partial charge in [-0.15, -0.1) is 0 Å². The Hall–Kier alpha value is -1.17. The van der Waals surface area contributed by atoms with Crippen molar-refractivity contribution in [3.05, 3.63) is 17.0 Å². The first-order valence-corrected chi connectivity index (χ1v) is 5.93. The Morgan fingerprint density at radius 3 is 2.88 bits per heavy atom. The third-order valence-electron chi connectivity index (χ3n) is 2.07. The molecule has 5 nitrogen and oxygen atoms in total. The third kappa shape index (κ3) is 4.14. The molecule has 0 aliphatic carbocycles. The number of unbranched alkanes of at least 4 members (excludes halogenated alkanes) is 1. The van der Waals surface area contributed by atoms with Gasteiger partial charge in [0.05, 0.1) is 6.54 Å². The van der Waals surface area contributed by atoms with Crippen LogP contribution in [0.3, 0.4) is 0 Å². The standard InChI is InChI=1S/C10H15BrN4O/c1-2-3-4-15(6-9(12)16)10-5-8(11)13-7-14-10/h5,7H,2-4,6H2,1H3,(H2,12,16). The first-order chi connectivity index (χ1) is 7.63. The Labute approximate surface area is 103 Å². The van der Waals surface area contributed by atoms with Crippen LogP contribution in [-0.2, 0) is 4.79 Å². The second-order valence-corrected chi connectivity index (χ2v) is 4.25. The summed E-state index contributed by atoms with van der Waals surface area (Å²) in [5.74, 6) is 0.361. The highest BCUT2D eigenvalue weighted by Crippen LogP contribution is 2.14. The molecule has 0 fully saturated rings. The molecule has 88 valence electrons. The molecule has 16 heavy (non-hydrogen) atoms. The second-order valence-electron chi connectivity index (χ2n) is 3.44. The Morgan fingerprint density at radius 2 is 2.31 bits per heavy atom. The van der Waals surface area contributed by atoms with E-state index in [0.29, 0.717) is 10.4 Å². The van der Waals surface area contributed by atoms with Crippen molar-refractivity contribution in [2.75, 3.05) is 18.0 Å². The minimum Gasteiger partial charge on any atom is -0.368 e. The minimum atomic E-state index is -0.356. The Balaban J connectivity index is 2.78. The Morgan fingerprint density at radius 1 is 1.56 bits per heavy atom. The van der Waals surface area contributed by atoms with E-state index in [1.807, 2.05) is 4.90 Å². The largest absolute Gasteiger partial charge is 0.368 e. The van der Waals surface area contributed by atoms with Crippen LogP contribution in [0.2, 0.25) is 0 Å². The van der Waals surface area contributed by atoms with Gasteiger partial charge in [-0.2, -0.15) is 0 Å². The van der Waals surface area contributed by atoms with Crippen LogP contribution in [0.25, 0.3) is 0 Å². The quantitative estimate of drug-likeness (QED) is 0.801. The molecule has 2 N–H and O–H groups in total. The van der Waals surface area contributed by atoms with Crippen LogP contribution in [0.5, 0.6) is 0 Å². The van der Waals surface area contributed by atoms with E-state index in [1.165, 1.54) is 6.33 Å². The first-order valence-electron chi connectivity index (χ1n) is 5.14. The molecule has 0 atom stereocenters. The van der Waals surface area contributed by atoms with E-state index in [4.69, 9.17) is 5.73 Å². The van der Waals surface area contributed by atoms with Crippen molar-refractivity contribution in [3.63, 3.8) is 0 Å². The van der Waals surface area contributed by atoms with Gasteiger partial charge in [0.2, 0.25) is 5.91 Å². The van der Waals surface area contributed by atoms with Crippen LogP contribution < -0.4 is 10.6 Å². The van der Waals surface area contributed by atoms with Crippen LogP contribution in [0.15, 0.2) is 17.0 Å². The van der Waals surface area contributed by atoms with E-state index in [9.17, 15) is 4.79 Å². The topological polar surface area (TPSA) is 72.1 Å². The van der Waals surface area contributed by atoms with Gasteiger partial charge in [0.25, 0.3) is 0 Å². The van der Waals surface area contributed by atoms with Gasteiger partial charge in [0.1, 0.15) is 16.7 Å². The van der Waals surface area contributed by atoms with Gasteiger partial charge in [0, 0.05) is 12.6 Å². The number of anilines is 1. The lowest BCUT2D eigenvalue weighted by Crippen LogP contribution is -2.35. The third-order valence-corrected chi connectivity index (χ3v) is 2.51. The van der Waals surface area contributed by atoms with E-state index < -0.39 is 0 Å². The number of primary amides is 1. The zero-order valence-electron chi connectivity index (χ0n) is 9.19. The number of rotatable bonds is 6. The maximum atomic E-state index is 11.0. The van der Waals surface area contributed by atoms with E-state index in [0.717, 1.165) is 19.4 Å². The lowest BCUT2D eigenvalue weighted by atomic mass is 10.3. The normalized spacial score (nSPS) is 10.1. The lowest BCUT2D eigenvalue weighted by molar-refractivity contribution is -0.116. The van der Waals surface area contributed by atoms with Gasteiger partial charge >= 0.3 is 0 Å². The summed E-state index contributed by atoms with van der Waals surface area (Å²) in [4.78, 5) is 20.9. The van der Waals surface area contributed by atoms with Crippen molar-refractivity contribution in [3.8, 4) is 0 Å². The van der Waals surface area contributed by atoms with Gasteiger partial charge in [-0.05, 0) is 22.4 Å². The van der Waals surface area contributed by atoms with E-state index in [-0.39, 0.29) is 12.5 Å². The zero-order chi connectivity index (χ0) is 12.0. The molecule has 1 aromatic heterocycles. The maximum absolute atomic E-state index is 11.0. The monoisotopic (exact) mass is 286 g/mol.